The second kappa shape index (κ2) is 15.7. The van der Waals surface area contributed by atoms with Crippen molar-refractivity contribution in [2.45, 2.75) is 103 Å². The predicted molar refractivity (Wildman–Crippen MR) is 183 cm³/mol. The Morgan fingerprint density at radius 2 is 1.55 bits per heavy atom. The van der Waals surface area contributed by atoms with Crippen LogP contribution in [0.3, 0.4) is 0 Å². The number of aliphatic hydroxyl groups excluding tert-OH is 3. The number of hydrogen-bond acceptors (Lipinski definition) is 13. The number of rotatable bonds is 11. The average Bonchev–Trinajstić information content (AvgIpc) is 3.04. The maximum Gasteiger partial charge on any atom is 0.329 e. The Morgan fingerprint density at radius 3 is 2.14 bits per heavy atom. The first-order valence-corrected chi connectivity index (χ1v) is 16.6. The van der Waals surface area contributed by atoms with E-state index in [4.69, 9.17) is 18.6 Å². The number of amides is 2. The lowest BCUT2D eigenvalue weighted by Crippen LogP contribution is -2.64. The fourth-order valence-corrected chi connectivity index (χ4v) is 5.48. The largest absolute Gasteiger partial charge is 0.504 e. The number of phenols is 2. The van der Waals surface area contributed by atoms with Crippen molar-refractivity contribution < 1.29 is 58.5 Å². The first kappa shape index (κ1) is 39.1. The van der Waals surface area contributed by atoms with Crippen LogP contribution in [0.1, 0.15) is 54.9 Å². The third-order valence-corrected chi connectivity index (χ3v) is 8.02. The number of benzene rings is 2. The molecule has 4 rings (SSSR count). The van der Waals surface area contributed by atoms with E-state index in [9.17, 15) is 44.7 Å². The summed E-state index contributed by atoms with van der Waals surface area (Å²) in [6.07, 6.45) is -9.61. The van der Waals surface area contributed by atoms with E-state index >= 15 is 0 Å². The molecule has 1 aliphatic heterocycles. The van der Waals surface area contributed by atoms with E-state index < -0.39 is 94.8 Å². The number of carbonyl (C=O) groups is 3. The number of fused-ring (bicyclic) bond motifs is 1. The Hall–Kier alpha value is -4.70. The highest BCUT2D eigenvalue weighted by atomic mass is 16.7. The molecule has 0 bridgehead atoms. The zero-order valence-electron chi connectivity index (χ0n) is 29.4. The van der Waals surface area contributed by atoms with Crippen LogP contribution in [0.5, 0.6) is 17.2 Å². The summed E-state index contributed by atoms with van der Waals surface area (Å²) in [6, 6.07) is 8.49. The lowest BCUT2D eigenvalue weighted by Gasteiger charge is -2.40. The molecule has 1 aromatic heterocycles. The Kier molecular flexibility index (Phi) is 12.0. The van der Waals surface area contributed by atoms with Gasteiger partial charge in [-0.25, -0.2) is 4.79 Å². The van der Waals surface area contributed by atoms with Gasteiger partial charge in [0.05, 0.1) is 0 Å². The van der Waals surface area contributed by atoms with Gasteiger partial charge in [-0.2, -0.15) is 0 Å². The van der Waals surface area contributed by atoms with Crippen molar-refractivity contribution in [3.8, 4) is 28.6 Å². The smallest absolute Gasteiger partial charge is 0.329 e. The third kappa shape index (κ3) is 9.16. The van der Waals surface area contributed by atoms with Gasteiger partial charge in [-0.1, -0.05) is 58.0 Å². The quantitative estimate of drug-likeness (QED) is 0.111. The molecule has 15 heteroatoms. The van der Waals surface area contributed by atoms with Crippen LogP contribution in [0.2, 0.25) is 0 Å². The van der Waals surface area contributed by atoms with Gasteiger partial charge in [0.1, 0.15) is 52.7 Å². The highest BCUT2D eigenvalue weighted by Crippen LogP contribution is 2.42. The Labute approximate surface area is 294 Å². The first-order chi connectivity index (χ1) is 23.8. The molecule has 1 fully saturated rings. The maximum absolute atomic E-state index is 13.5. The van der Waals surface area contributed by atoms with Crippen LogP contribution in [0, 0.1) is 11.8 Å². The standard InChI is InChI=1S/C36H46N2O13/c1-16(2)13-19(34(47)51-36(5,6)7)37-32(45)25(17(3)4)38-33(46)31-29(43)28(42)30(44)35(50-31)49-23-15-22-24(27(41)26(23)40)20(39)14-21(48-22)18-11-9-8-10-12-18/h8-12,14-17,19,25,28-31,35,40-44H,13H2,1-7H3,(H,37,45)(H,38,46). The summed E-state index contributed by atoms with van der Waals surface area (Å²) in [7, 11) is 0. The number of carbonyl (C=O) groups excluding carboxylic acids is 3. The Morgan fingerprint density at radius 1 is 0.902 bits per heavy atom. The van der Waals surface area contributed by atoms with Gasteiger partial charge in [0, 0.05) is 17.7 Å². The molecule has 2 aromatic carbocycles. The predicted octanol–water partition coefficient (Wildman–Crippen LogP) is 2.07. The van der Waals surface area contributed by atoms with Crippen LogP contribution >= 0.6 is 0 Å². The molecule has 2 amide bonds. The van der Waals surface area contributed by atoms with E-state index in [0.29, 0.717) is 5.56 Å². The Balaban J connectivity index is 1.57. The molecule has 7 unspecified atom stereocenters. The van der Waals surface area contributed by atoms with Crippen molar-refractivity contribution in [2.75, 3.05) is 0 Å². The highest BCUT2D eigenvalue weighted by Gasteiger charge is 2.49. The van der Waals surface area contributed by atoms with Crippen LogP contribution in [0.25, 0.3) is 22.3 Å². The van der Waals surface area contributed by atoms with Crippen LogP contribution in [0.4, 0.5) is 0 Å². The number of aliphatic hydroxyl groups is 3. The molecular formula is C36H46N2O13. The maximum atomic E-state index is 13.5. The second-order valence-electron chi connectivity index (χ2n) is 14.3. The second-order valence-corrected chi connectivity index (χ2v) is 14.3. The van der Waals surface area contributed by atoms with E-state index in [0.717, 1.165) is 12.1 Å². The molecule has 0 spiro atoms. The number of ether oxygens (including phenoxy) is 3. The minimum atomic E-state index is -2.02. The van der Waals surface area contributed by atoms with Crippen molar-refractivity contribution in [1.82, 2.24) is 10.6 Å². The van der Waals surface area contributed by atoms with Gasteiger partial charge in [0.25, 0.3) is 5.91 Å². The zero-order valence-corrected chi connectivity index (χ0v) is 29.4. The number of phenolic OH excluding ortho intramolecular Hbond substituents is 2. The SMILES string of the molecule is CC(C)CC(NC(=O)C(NC(=O)C1OC(Oc2cc3oc(-c4ccccc4)cc(=O)c3c(O)c2O)C(O)C(O)C1O)C(C)C)C(=O)OC(C)(C)C. The highest BCUT2D eigenvalue weighted by molar-refractivity contribution is 5.92. The molecule has 3 aromatic rings. The molecular weight excluding hydrogens is 668 g/mol. The fraction of sp³-hybridized carbons (Fsp3) is 0.500. The summed E-state index contributed by atoms with van der Waals surface area (Å²) in [5, 5.41) is 58.3. The molecule has 51 heavy (non-hydrogen) atoms. The van der Waals surface area contributed by atoms with E-state index in [-0.39, 0.29) is 29.1 Å². The number of esters is 1. The van der Waals surface area contributed by atoms with E-state index in [1.807, 2.05) is 13.8 Å². The third-order valence-electron chi connectivity index (χ3n) is 8.02. The topological polar surface area (TPSA) is 234 Å². The van der Waals surface area contributed by atoms with Crippen LogP contribution in [-0.4, -0.2) is 91.7 Å². The molecule has 7 atom stereocenters. The molecule has 15 nitrogen and oxygen atoms in total. The lowest BCUT2D eigenvalue weighted by molar-refractivity contribution is -0.267. The number of nitrogens with one attached hydrogen (secondary N) is 2. The number of hydrogen-bond donors (Lipinski definition) is 7. The Bertz CT molecular complexity index is 1780. The van der Waals surface area contributed by atoms with Crippen LogP contribution in [-0.2, 0) is 23.9 Å². The molecule has 0 saturated carbocycles. The van der Waals surface area contributed by atoms with Gasteiger partial charge >= 0.3 is 5.97 Å². The first-order valence-electron chi connectivity index (χ1n) is 16.6. The van der Waals surface area contributed by atoms with Gasteiger partial charge in [-0.3, -0.25) is 14.4 Å². The van der Waals surface area contributed by atoms with Gasteiger partial charge in [0.15, 0.2) is 23.0 Å². The molecule has 0 radical (unpaired) electrons. The summed E-state index contributed by atoms with van der Waals surface area (Å²) in [5.41, 5.74) is -1.16. The monoisotopic (exact) mass is 714 g/mol. The molecule has 0 aliphatic carbocycles. The van der Waals surface area contributed by atoms with Gasteiger partial charge in [0.2, 0.25) is 17.9 Å². The summed E-state index contributed by atoms with van der Waals surface area (Å²) < 4.78 is 22.5. The van der Waals surface area contributed by atoms with Crippen molar-refractivity contribution in [3.63, 3.8) is 0 Å². The van der Waals surface area contributed by atoms with E-state index in [1.165, 1.54) is 0 Å². The van der Waals surface area contributed by atoms with E-state index in [1.54, 1.807) is 65.0 Å². The van der Waals surface area contributed by atoms with Gasteiger partial charge in [-0.05, 0) is 39.0 Å². The number of aromatic hydroxyl groups is 2. The molecule has 278 valence electrons. The van der Waals surface area contributed by atoms with Crippen LogP contribution < -0.4 is 20.8 Å². The summed E-state index contributed by atoms with van der Waals surface area (Å²) in [5.74, 6) is -5.24. The van der Waals surface area contributed by atoms with Crippen molar-refractivity contribution in [2.24, 2.45) is 11.8 Å². The summed E-state index contributed by atoms with van der Waals surface area (Å²) >= 11 is 0. The molecule has 1 saturated heterocycles. The zero-order chi connectivity index (χ0) is 37.9. The fourth-order valence-electron chi connectivity index (χ4n) is 5.48. The molecule has 7 N–H and O–H groups in total. The average molecular weight is 715 g/mol. The van der Waals surface area contributed by atoms with Crippen molar-refractivity contribution in [1.29, 1.82) is 0 Å². The summed E-state index contributed by atoms with van der Waals surface area (Å²) in [6.45, 7) is 12.1. The van der Waals surface area contributed by atoms with Crippen molar-refractivity contribution in [3.05, 3.63) is 52.7 Å². The molecule has 1 aliphatic rings. The lowest BCUT2D eigenvalue weighted by atomic mass is 9.96. The van der Waals surface area contributed by atoms with Crippen LogP contribution in [0.15, 0.2) is 51.7 Å². The van der Waals surface area contributed by atoms with Crippen molar-refractivity contribution >= 4 is 28.8 Å². The van der Waals surface area contributed by atoms with E-state index in [2.05, 4.69) is 10.6 Å². The minimum Gasteiger partial charge on any atom is -0.504 e. The van der Waals surface area contributed by atoms with Gasteiger partial charge in [-0.15, -0.1) is 0 Å². The minimum absolute atomic E-state index is 0.00330. The summed E-state index contributed by atoms with van der Waals surface area (Å²) in [4.78, 5) is 52.8. The molecule has 2 heterocycles. The van der Waals surface area contributed by atoms with Gasteiger partial charge < -0.3 is 54.8 Å². The normalized spacial score (nSPS) is 22.0.